The first kappa shape index (κ1) is 21.4. The summed E-state index contributed by atoms with van der Waals surface area (Å²) in [4.78, 5) is 16.3. The molecule has 1 amide bonds. The van der Waals surface area contributed by atoms with E-state index in [0.29, 0.717) is 36.0 Å². The van der Waals surface area contributed by atoms with Gasteiger partial charge < -0.3 is 19.5 Å². The molecule has 2 heterocycles. The number of amides is 1. The van der Waals surface area contributed by atoms with E-state index >= 15 is 0 Å². The molecule has 0 radical (unpaired) electrons. The van der Waals surface area contributed by atoms with Crippen molar-refractivity contribution in [3.05, 3.63) is 83.9 Å². The average molecular weight is 434 g/mol. The molecule has 0 fully saturated rings. The Morgan fingerprint density at radius 1 is 1.16 bits per heavy atom. The first-order valence-electron chi connectivity index (χ1n) is 10.3. The highest BCUT2D eigenvalue weighted by Crippen LogP contribution is 2.32. The highest BCUT2D eigenvalue weighted by Gasteiger charge is 2.14. The van der Waals surface area contributed by atoms with E-state index in [1.54, 1.807) is 30.5 Å². The normalized spacial score (nSPS) is 13.9. The molecule has 1 N–H and O–H groups in total. The molecule has 1 aromatic heterocycles. The fourth-order valence-electron chi connectivity index (χ4n) is 3.20. The molecule has 1 aliphatic heterocycles. The van der Waals surface area contributed by atoms with Gasteiger partial charge in [-0.25, -0.2) is 4.39 Å². The predicted octanol–water partition coefficient (Wildman–Crippen LogP) is 5.06. The first-order chi connectivity index (χ1) is 15.6. The largest absolute Gasteiger partial charge is 0.490 e. The number of hydrogen-bond acceptors (Lipinski definition) is 5. The summed E-state index contributed by atoms with van der Waals surface area (Å²) >= 11 is 0. The van der Waals surface area contributed by atoms with E-state index < -0.39 is 5.82 Å². The van der Waals surface area contributed by atoms with Gasteiger partial charge in [0, 0.05) is 18.7 Å². The molecule has 0 spiro atoms. The number of benzene rings is 2. The van der Waals surface area contributed by atoms with Gasteiger partial charge in [-0.15, -0.1) is 0 Å². The van der Waals surface area contributed by atoms with Crippen molar-refractivity contribution in [2.45, 2.75) is 19.4 Å². The van der Waals surface area contributed by atoms with Gasteiger partial charge in [-0.05, 0) is 60.5 Å². The monoisotopic (exact) mass is 434 g/mol. The third kappa shape index (κ3) is 5.43. The molecule has 1 atom stereocenters. The van der Waals surface area contributed by atoms with Gasteiger partial charge >= 0.3 is 0 Å². The number of aromatic nitrogens is 1. The van der Waals surface area contributed by atoms with Crippen molar-refractivity contribution in [3.8, 4) is 23.0 Å². The molecule has 3 aromatic rings. The Kier molecular flexibility index (Phi) is 6.65. The predicted molar refractivity (Wildman–Crippen MR) is 118 cm³/mol. The van der Waals surface area contributed by atoms with E-state index in [1.807, 2.05) is 25.1 Å². The molecule has 7 heteroatoms. The summed E-state index contributed by atoms with van der Waals surface area (Å²) in [5, 5.41) is 2.90. The van der Waals surface area contributed by atoms with Gasteiger partial charge in [0.25, 0.3) is 0 Å². The van der Waals surface area contributed by atoms with Crippen LogP contribution in [-0.4, -0.2) is 24.1 Å². The summed E-state index contributed by atoms with van der Waals surface area (Å²) in [5.41, 5.74) is 1.44. The third-order valence-electron chi connectivity index (χ3n) is 4.88. The molecule has 0 aliphatic carbocycles. The lowest BCUT2D eigenvalue weighted by Crippen LogP contribution is -2.24. The number of ether oxygens (including phenoxy) is 3. The topological polar surface area (TPSA) is 69.7 Å². The minimum absolute atomic E-state index is 0.0858. The van der Waals surface area contributed by atoms with Crippen molar-refractivity contribution in [1.29, 1.82) is 0 Å². The van der Waals surface area contributed by atoms with Gasteiger partial charge in [0.1, 0.15) is 5.75 Å². The number of fused-ring (bicyclic) bond motifs is 1. The molecule has 0 saturated heterocycles. The van der Waals surface area contributed by atoms with Crippen molar-refractivity contribution < 1.29 is 23.4 Å². The minimum atomic E-state index is -0.531. The maximum absolute atomic E-state index is 14.4. The van der Waals surface area contributed by atoms with E-state index in [-0.39, 0.29) is 17.7 Å². The Morgan fingerprint density at radius 3 is 2.78 bits per heavy atom. The maximum atomic E-state index is 14.4. The molecule has 1 aliphatic rings. The molecule has 0 bridgehead atoms. The fraction of sp³-hybridized carbons (Fsp3) is 0.200. The second-order valence-electron chi connectivity index (χ2n) is 7.30. The zero-order chi connectivity index (χ0) is 22.3. The number of nitrogens with zero attached hydrogens (tertiary/aromatic N) is 1. The summed E-state index contributed by atoms with van der Waals surface area (Å²) < 4.78 is 31.2. The summed E-state index contributed by atoms with van der Waals surface area (Å²) in [7, 11) is 0. The molecular formula is C25H23FN2O4. The van der Waals surface area contributed by atoms with Crippen LogP contribution in [0.2, 0.25) is 0 Å². The van der Waals surface area contributed by atoms with Gasteiger partial charge in [0.15, 0.2) is 23.1 Å². The number of halogens is 1. The van der Waals surface area contributed by atoms with Gasteiger partial charge in [-0.2, -0.15) is 0 Å². The van der Waals surface area contributed by atoms with Crippen LogP contribution in [0.1, 0.15) is 30.5 Å². The van der Waals surface area contributed by atoms with E-state index in [9.17, 15) is 9.18 Å². The average Bonchev–Trinajstić information content (AvgIpc) is 3.05. The van der Waals surface area contributed by atoms with Crippen molar-refractivity contribution >= 4 is 12.0 Å². The van der Waals surface area contributed by atoms with Gasteiger partial charge in [0.2, 0.25) is 5.91 Å². The van der Waals surface area contributed by atoms with E-state index in [1.165, 1.54) is 24.4 Å². The van der Waals surface area contributed by atoms with Crippen molar-refractivity contribution in [1.82, 2.24) is 10.3 Å². The number of rotatable bonds is 6. The van der Waals surface area contributed by atoms with Gasteiger partial charge in [-0.3, -0.25) is 9.78 Å². The van der Waals surface area contributed by atoms with Crippen LogP contribution in [0, 0.1) is 5.82 Å². The Balaban J connectivity index is 1.37. The van der Waals surface area contributed by atoms with Crippen LogP contribution in [0.3, 0.4) is 0 Å². The van der Waals surface area contributed by atoms with Crippen LogP contribution in [0.4, 0.5) is 4.39 Å². The second kappa shape index (κ2) is 9.96. The molecule has 6 nitrogen and oxygen atoms in total. The third-order valence-corrected chi connectivity index (χ3v) is 4.88. The van der Waals surface area contributed by atoms with E-state index in [4.69, 9.17) is 14.2 Å². The number of carbonyl (C=O) groups is 1. The van der Waals surface area contributed by atoms with Crippen molar-refractivity contribution in [3.63, 3.8) is 0 Å². The number of hydrogen-bond donors (Lipinski definition) is 1. The molecule has 0 saturated carbocycles. The zero-order valence-electron chi connectivity index (χ0n) is 17.6. The van der Waals surface area contributed by atoms with Crippen molar-refractivity contribution in [2.24, 2.45) is 0 Å². The maximum Gasteiger partial charge on any atom is 0.244 e. The van der Waals surface area contributed by atoms with Crippen LogP contribution >= 0.6 is 0 Å². The number of carbonyl (C=O) groups excluding carboxylic acids is 1. The Hall–Kier alpha value is -3.87. The molecular weight excluding hydrogens is 411 g/mol. The van der Waals surface area contributed by atoms with Crippen LogP contribution < -0.4 is 19.5 Å². The quantitative estimate of drug-likeness (QED) is 0.549. The summed E-state index contributed by atoms with van der Waals surface area (Å²) in [6.45, 7) is 3.11. The highest BCUT2D eigenvalue weighted by atomic mass is 19.1. The number of nitrogens with one attached hydrogen (secondary N) is 1. The summed E-state index contributed by atoms with van der Waals surface area (Å²) in [5.74, 6) is 1.10. The van der Waals surface area contributed by atoms with E-state index in [2.05, 4.69) is 10.3 Å². The van der Waals surface area contributed by atoms with Crippen LogP contribution in [0.15, 0.2) is 67.0 Å². The molecule has 164 valence electrons. The molecule has 2 aromatic carbocycles. The van der Waals surface area contributed by atoms with Crippen LogP contribution in [0.25, 0.3) is 6.08 Å². The van der Waals surface area contributed by atoms with Crippen LogP contribution in [0.5, 0.6) is 23.0 Å². The molecule has 4 rings (SSSR count). The minimum Gasteiger partial charge on any atom is -0.490 e. The molecule has 1 unspecified atom stereocenters. The fourth-order valence-corrected chi connectivity index (χ4v) is 3.20. The SMILES string of the molecule is CC(NC(=O)/C=C/c1ccc(Oc2cccnc2)c(F)c1)c1ccc2c(c1)OCCCO2. The van der Waals surface area contributed by atoms with Gasteiger partial charge in [-0.1, -0.05) is 12.1 Å². The number of pyridine rings is 1. The Labute approximate surface area is 185 Å². The first-order valence-corrected chi connectivity index (χ1v) is 10.3. The summed E-state index contributed by atoms with van der Waals surface area (Å²) in [6.07, 6.45) is 6.86. The molecule has 32 heavy (non-hydrogen) atoms. The highest BCUT2D eigenvalue weighted by molar-refractivity contribution is 5.92. The summed E-state index contributed by atoms with van der Waals surface area (Å²) in [6, 6.07) is 13.3. The standard InChI is InChI=1S/C25H23FN2O4/c1-17(19-7-9-23-24(15-19)31-13-3-12-30-23)28-25(29)10-6-18-5-8-22(21(26)14-18)32-20-4-2-11-27-16-20/h2,4-11,14-17H,3,12-13H2,1H3,(H,28,29)/b10-6+. The Morgan fingerprint density at radius 2 is 2.00 bits per heavy atom. The smallest absolute Gasteiger partial charge is 0.244 e. The second-order valence-corrected chi connectivity index (χ2v) is 7.30. The lowest BCUT2D eigenvalue weighted by atomic mass is 10.1. The lowest BCUT2D eigenvalue weighted by Gasteiger charge is -2.15. The lowest BCUT2D eigenvalue weighted by molar-refractivity contribution is -0.117. The van der Waals surface area contributed by atoms with Gasteiger partial charge in [0.05, 0.1) is 25.5 Å². The van der Waals surface area contributed by atoms with E-state index in [0.717, 1.165) is 12.0 Å². The van der Waals surface area contributed by atoms with Crippen LogP contribution in [-0.2, 0) is 4.79 Å². The van der Waals surface area contributed by atoms with Crippen molar-refractivity contribution in [2.75, 3.05) is 13.2 Å². The zero-order valence-corrected chi connectivity index (χ0v) is 17.6. The Bertz CT molecular complexity index is 1120.